The normalized spacial score (nSPS) is 47.8. The third-order valence-corrected chi connectivity index (χ3v) is 2.91. The van der Waals surface area contributed by atoms with Crippen LogP contribution in [-0.2, 0) is 0 Å². The van der Waals surface area contributed by atoms with E-state index in [1.807, 2.05) is 0 Å². The summed E-state index contributed by atoms with van der Waals surface area (Å²) in [5.41, 5.74) is 6.83. The van der Waals surface area contributed by atoms with Crippen LogP contribution in [-0.4, -0.2) is 6.04 Å². The summed E-state index contributed by atoms with van der Waals surface area (Å²) < 4.78 is 0. The van der Waals surface area contributed by atoms with Crippen LogP contribution in [0.25, 0.3) is 0 Å². The largest absolute Gasteiger partial charge is 0.210 e. The Labute approximate surface area is 55.2 Å². The molecule has 2 atom stereocenters. The van der Waals surface area contributed by atoms with Gasteiger partial charge in [-0.05, 0) is 37.5 Å². The predicted octanol–water partition coefficient (Wildman–Crippen LogP) is 2.21. The fourth-order valence-corrected chi connectivity index (χ4v) is 2.16. The van der Waals surface area contributed by atoms with E-state index in [9.17, 15) is 0 Å². The molecule has 2 rings (SSSR count). The first-order chi connectivity index (χ1) is 4.40. The first-order valence-corrected chi connectivity index (χ1v) is 3.76. The third kappa shape index (κ3) is 0.689. The van der Waals surface area contributed by atoms with Gasteiger partial charge in [0.15, 0.2) is 0 Å². The Morgan fingerprint density at radius 2 is 1.67 bits per heavy atom. The summed E-state index contributed by atoms with van der Waals surface area (Å²) in [7, 11) is 0. The fourth-order valence-electron chi connectivity index (χ4n) is 2.16. The zero-order valence-electron chi connectivity index (χ0n) is 5.51. The number of fused-ring (bicyclic) bond motifs is 1. The Kier molecular flexibility index (Phi) is 1.07. The summed E-state index contributed by atoms with van der Waals surface area (Å²) in [6.07, 6.45) is 5.26. The molecule has 0 amide bonds. The van der Waals surface area contributed by atoms with Gasteiger partial charge in [-0.2, -0.15) is 5.11 Å². The molecule has 0 aromatic rings. The Morgan fingerprint density at radius 3 is 2.00 bits per heavy atom. The second kappa shape index (κ2) is 1.79. The van der Waals surface area contributed by atoms with E-state index >= 15 is 0 Å². The highest BCUT2D eigenvalue weighted by Gasteiger charge is 2.39. The average Bonchev–Trinajstić information content (AvgIpc) is 2.10. The second-order valence-electron chi connectivity index (χ2n) is 3.35. The number of rotatable bonds is 1. The second-order valence-corrected chi connectivity index (χ2v) is 3.35. The van der Waals surface area contributed by atoms with Crippen molar-refractivity contribution in [2.75, 3.05) is 0 Å². The van der Waals surface area contributed by atoms with Crippen LogP contribution in [0.2, 0.25) is 0 Å². The minimum Gasteiger partial charge on any atom is -0.210 e. The Bertz CT molecular complexity index is 121. The van der Waals surface area contributed by atoms with Crippen LogP contribution in [0.15, 0.2) is 5.11 Å². The summed E-state index contributed by atoms with van der Waals surface area (Å²) in [5.74, 6) is 1.92. The van der Waals surface area contributed by atoms with E-state index in [-0.39, 0.29) is 0 Å². The predicted molar refractivity (Wildman–Crippen MR) is 34.4 cm³/mol. The maximum atomic E-state index is 6.83. The van der Waals surface area contributed by atoms with Crippen molar-refractivity contribution in [3.05, 3.63) is 0 Å². The lowest BCUT2D eigenvalue weighted by atomic mass is 9.77. The van der Waals surface area contributed by atoms with Gasteiger partial charge in [0.2, 0.25) is 0 Å². The van der Waals surface area contributed by atoms with Crippen molar-refractivity contribution in [1.82, 2.24) is 0 Å². The summed E-state index contributed by atoms with van der Waals surface area (Å²) in [4.78, 5) is 0. The molecule has 0 radical (unpaired) electrons. The van der Waals surface area contributed by atoms with Gasteiger partial charge in [-0.15, -0.1) is 0 Å². The van der Waals surface area contributed by atoms with Crippen molar-refractivity contribution in [3.63, 3.8) is 0 Å². The number of hydrogen-bond donors (Lipinski definition) is 1. The fraction of sp³-hybridized carbons (Fsp3) is 1.00. The molecule has 2 unspecified atom stereocenters. The van der Waals surface area contributed by atoms with Gasteiger partial charge < -0.3 is 0 Å². The Morgan fingerprint density at radius 1 is 1.11 bits per heavy atom. The third-order valence-electron chi connectivity index (χ3n) is 2.91. The van der Waals surface area contributed by atoms with Crippen LogP contribution in [0, 0.1) is 17.4 Å². The standard InChI is InChI=1S/C7H12N2/c8-9-7-3-5-1-2-6(5)4-7/h5-8H,1-4H2. The lowest BCUT2D eigenvalue weighted by Crippen LogP contribution is -2.18. The molecular weight excluding hydrogens is 112 g/mol. The van der Waals surface area contributed by atoms with Crippen molar-refractivity contribution >= 4 is 0 Å². The molecule has 2 nitrogen and oxygen atoms in total. The molecule has 0 bridgehead atoms. The van der Waals surface area contributed by atoms with E-state index in [1.165, 1.54) is 25.7 Å². The molecule has 0 aromatic heterocycles. The quantitative estimate of drug-likeness (QED) is 0.520. The van der Waals surface area contributed by atoms with Crippen LogP contribution >= 0.6 is 0 Å². The molecule has 9 heavy (non-hydrogen) atoms. The molecule has 0 aromatic carbocycles. The van der Waals surface area contributed by atoms with E-state index in [0.29, 0.717) is 6.04 Å². The van der Waals surface area contributed by atoms with Gasteiger partial charge in [0.25, 0.3) is 0 Å². The van der Waals surface area contributed by atoms with Gasteiger partial charge in [0, 0.05) is 0 Å². The maximum Gasteiger partial charge on any atom is 0.0711 e. The van der Waals surface area contributed by atoms with Crippen molar-refractivity contribution < 1.29 is 0 Å². The molecule has 2 heteroatoms. The Hall–Kier alpha value is -0.400. The van der Waals surface area contributed by atoms with Crippen molar-refractivity contribution in [3.8, 4) is 0 Å². The van der Waals surface area contributed by atoms with Crippen LogP contribution in [0.1, 0.15) is 25.7 Å². The highest BCUT2D eigenvalue weighted by atomic mass is 15.0. The van der Waals surface area contributed by atoms with Crippen LogP contribution in [0.5, 0.6) is 0 Å². The molecule has 0 heterocycles. The van der Waals surface area contributed by atoms with Crippen LogP contribution in [0.3, 0.4) is 0 Å². The summed E-state index contributed by atoms with van der Waals surface area (Å²) in [6, 6.07) is 0.405. The van der Waals surface area contributed by atoms with Crippen molar-refractivity contribution in [2.45, 2.75) is 31.7 Å². The highest BCUT2D eigenvalue weighted by Crippen LogP contribution is 2.47. The minimum atomic E-state index is 0.405. The molecule has 2 saturated carbocycles. The van der Waals surface area contributed by atoms with Gasteiger partial charge in [-0.25, -0.2) is 5.53 Å². The number of nitrogens with one attached hydrogen (secondary N) is 1. The zero-order chi connectivity index (χ0) is 6.27. The zero-order valence-corrected chi connectivity index (χ0v) is 5.51. The number of nitrogens with zero attached hydrogens (tertiary/aromatic N) is 1. The molecular formula is C7H12N2. The van der Waals surface area contributed by atoms with Gasteiger partial charge in [-0.3, -0.25) is 0 Å². The van der Waals surface area contributed by atoms with Gasteiger partial charge in [-0.1, -0.05) is 0 Å². The van der Waals surface area contributed by atoms with E-state index < -0.39 is 0 Å². The molecule has 2 aliphatic rings. The van der Waals surface area contributed by atoms with Gasteiger partial charge in [0.1, 0.15) is 0 Å². The van der Waals surface area contributed by atoms with Gasteiger partial charge >= 0.3 is 0 Å². The van der Waals surface area contributed by atoms with E-state index in [1.54, 1.807) is 0 Å². The average molecular weight is 124 g/mol. The molecule has 1 N–H and O–H groups in total. The molecule has 0 saturated heterocycles. The Balaban J connectivity index is 1.98. The first kappa shape index (κ1) is 5.39. The topological polar surface area (TPSA) is 36.2 Å². The minimum absolute atomic E-state index is 0.405. The highest BCUT2D eigenvalue weighted by molar-refractivity contribution is 4.92. The number of hydrogen-bond acceptors (Lipinski definition) is 2. The molecule has 50 valence electrons. The van der Waals surface area contributed by atoms with Gasteiger partial charge in [0.05, 0.1) is 6.04 Å². The molecule has 0 spiro atoms. The van der Waals surface area contributed by atoms with Crippen molar-refractivity contribution in [2.24, 2.45) is 17.0 Å². The monoisotopic (exact) mass is 124 g/mol. The van der Waals surface area contributed by atoms with Crippen LogP contribution < -0.4 is 0 Å². The molecule has 0 aliphatic heterocycles. The lowest BCUT2D eigenvalue weighted by Gasteiger charge is -2.29. The summed E-state index contributed by atoms with van der Waals surface area (Å²) >= 11 is 0. The maximum absolute atomic E-state index is 6.83. The van der Waals surface area contributed by atoms with Crippen molar-refractivity contribution in [1.29, 1.82) is 5.53 Å². The SMILES string of the molecule is N=NC1CC2CCC2C1. The first-order valence-electron chi connectivity index (χ1n) is 3.76. The summed E-state index contributed by atoms with van der Waals surface area (Å²) in [6.45, 7) is 0. The molecule has 2 aliphatic carbocycles. The van der Waals surface area contributed by atoms with E-state index in [2.05, 4.69) is 5.11 Å². The smallest absolute Gasteiger partial charge is 0.0711 e. The van der Waals surface area contributed by atoms with Crippen LogP contribution in [0.4, 0.5) is 0 Å². The molecule has 2 fully saturated rings. The summed E-state index contributed by atoms with van der Waals surface area (Å²) in [5, 5.41) is 3.58. The van der Waals surface area contributed by atoms with E-state index in [0.717, 1.165) is 11.8 Å². The van der Waals surface area contributed by atoms with E-state index in [4.69, 9.17) is 5.53 Å². The lowest BCUT2D eigenvalue weighted by molar-refractivity contribution is 0.219.